The fourth-order valence-electron chi connectivity index (χ4n) is 3.22. The largest absolute Gasteiger partial charge is 0.376 e. The van der Waals surface area contributed by atoms with Crippen molar-refractivity contribution in [1.82, 2.24) is 0 Å². The molecule has 3 fully saturated rings. The van der Waals surface area contributed by atoms with Crippen LogP contribution in [-0.4, -0.2) is 58.0 Å². The predicted molar refractivity (Wildman–Crippen MR) is 113 cm³/mol. The van der Waals surface area contributed by atoms with Gasteiger partial charge in [-0.3, -0.25) is 0 Å². The highest BCUT2D eigenvalue weighted by Gasteiger charge is 2.34. The van der Waals surface area contributed by atoms with E-state index in [1.54, 1.807) is 0 Å². The van der Waals surface area contributed by atoms with Gasteiger partial charge in [0.1, 0.15) is 24.4 Å². The van der Waals surface area contributed by atoms with E-state index >= 15 is 0 Å². The Hall–Kier alpha value is -0.980. The van der Waals surface area contributed by atoms with Crippen LogP contribution in [0.3, 0.4) is 0 Å². The molecule has 3 aliphatic heterocycles. The van der Waals surface area contributed by atoms with Gasteiger partial charge < -0.3 is 23.7 Å². The Morgan fingerprint density at radius 2 is 1.41 bits per heavy atom. The van der Waals surface area contributed by atoms with Crippen LogP contribution in [0.5, 0.6) is 0 Å². The summed E-state index contributed by atoms with van der Waals surface area (Å²) < 4.78 is 26.6. The minimum atomic E-state index is 0.135. The van der Waals surface area contributed by atoms with Gasteiger partial charge >= 0.3 is 0 Å². The first-order valence-electron chi connectivity index (χ1n) is 11.5. The lowest BCUT2D eigenvalue weighted by Crippen LogP contribution is -2.11. The summed E-state index contributed by atoms with van der Waals surface area (Å²) in [6.07, 6.45) is 10.5. The van der Waals surface area contributed by atoms with Crippen LogP contribution in [0.25, 0.3) is 0 Å². The summed E-state index contributed by atoms with van der Waals surface area (Å²) >= 11 is 0. The zero-order valence-corrected chi connectivity index (χ0v) is 17.9. The van der Waals surface area contributed by atoms with Crippen LogP contribution in [0.15, 0.2) is 30.3 Å². The van der Waals surface area contributed by atoms with E-state index in [-0.39, 0.29) is 12.2 Å². The van der Waals surface area contributed by atoms with Crippen LogP contribution in [0.1, 0.15) is 63.5 Å². The van der Waals surface area contributed by atoms with Gasteiger partial charge in [-0.15, -0.1) is 0 Å². The van der Waals surface area contributed by atoms with Gasteiger partial charge in [0.05, 0.1) is 33.0 Å². The minimum absolute atomic E-state index is 0.135. The molecule has 0 aromatic heterocycles. The molecule has 5 heteroatoms. The summed E-state index contributed by atoms with van der Waals surface area (Å²) in [6, 6.07) is 10.5. The van der Waals surface area contributed by atoms with Crippen LogP contribution < -0.4 is 0 Å². The number of benzene rings is 1. The van der Waals surface area contributed by atoms with E-state index in [2.05, 4.69) is 31.2 Å². The fraction of sp³-hybridized carbons (Fsp3) is 0.750. The average molecular weight is 407 g/mol. The van der Waals surface area contributed by atoms with Crippen LogP contribution >= 0.6 is 0 Å². The topological polar surface area (TPSA) is 56.0 Å². The lowest BCUT2D eigenvalue weighted by atomic mass is 10.1. The number of ether oxygens (including phenoxy) is 5. The third-order valence-corrected chi connectivity index (χ3v) is 5.28. The SMILES string of the molecule is C(OCC1CO1)C1CO1.CCCCCCCCCOC(c1ccccc1)C1CO1. The van der Waals surface area contributed by atoms with Gasteiger partial charge in [-0.25, -0.2) is 0 Å². The molecule has 1 aromatic rings. The highest BCUT2D eigenvalue weighted by Crippen LogP contribution is 2.31. The quantitative estimate of drug-likeness (QED) is 0.312. The summed E-state index contributed by atoms with van der Waals surface area (Å²) in [5, 5.41) is 0. The lowest BCUT2D eigenvalue weighted by molar-refractivity contribution is 0.0299. The van der Waals surface area contributed by atoms with Crippen molar-refractivity contribution in [3.8, 4) is 0 Å². The number of epoxide rings is 3. The predicted octanol–water partition coefficient (Wildman–Crippen LogP) is 4.69. The van der Waals surface area contributed by atoms with Gasteiger partial charge in [-0.05, 0) is 12.0 Å². The molecule has 3 aliphatic rings. The van der Waals surface area contributed by atoms with Crippen molar-refractivity contribution in [2.24, 2.45) is 0 Å². The molecule has 29 heavy (non-hydrogen) atoms. The summed E-state index contributed by atoms with van der Waals surface area (Å²) in [4.78, 5) is 0. The molecule has 0 saturated carbocycles. The molecule has 0 amide bonds. The van der Waals surface area contributed by atoms with Crippen molar-refractivity contribution in [2.75, 3.05) is 39.6 Å². The van der Waals surface area contributed by atoms with Crippen molar-refractivity contribution in [1.29, 1.82) is 0 Å². The second-order valence-electron chi connectivity index (χ2n) is 8.14. The third kappa shape index (κ3) is 10.6. The molecular weight excluding hydrogens is 368 g/mol. The summed E-state index contributed by atoms with van der Waals surface area (Å²) in [5.74, 6) is 0. The van der Waals surface area contributed by atoms with E-state index < -0.39 is 0 Å². The maximum Gasteiger partial charge on any atom is 0.111 e. The zero-order valence-electron chi connectivity index (χ0n) is 17.9. The molecule has 4 unspecified atom stereocenters. The molecule has 0 aliphatic carbocycles. The molecule has 0 N–H and O–H groups in total. The van der Waals surface area contributed by atoms with Crippen LogP contribution in [0, 0.1) is 0 Å². The summed E-state index contributed by atoms with van der Waals surface area (Å²) in [7, 11) is 0. The molecule has 4 rings (SSSR count). The van der Waals surface area contributed by atoms with Crippen LogP contribution in [0.2, 0.25) is 0 Å². The number of hydrogen-bond donors (Lipinski definition) is 0. The zero-order chi connectivity index (χ0) is 20.2. The summed E-state index contributed by atoms with van der Waals surface area (Å²) in [5.41, 5.74) is 1.25. The Bertz CT molecular complexity index is 513. The Morgan fingerprint density at radius 3 is 1.97 bits per heavy atom. The number of rotatable bonds is 15. The second kappa shape index (κ2) is 13.3. The van der Waals surface area contributed by atoms with Gasteiger partial charge in [0.15, 0.2) is 0 Å². The molecule has 4 atom stereocenters. The van der Waals surface area contributed by atoms with Gasteiger partial charge in [0.2, 0.25) is 0 Å². The Labute approximate surface area is 176 Å². The number of hydrogen-bond acceptors (Lipinski definition) is 5. The van der Waals surface area contributed by atoms with Gasteiger partial charge in [0, 0.05) is 6.61 Å². The van der Waals surface area contributed by atoms with E-state index in [4.69, 9.17) is 23.7 Å². The summed E-state index contributed by atoms with van der Waals surface area (Å²) in [6.45, 7) is 7.22. The monoisotopic (exact) mass is 406 g/mol. The van der Waals surface area contributed by atoms with Crippen molar-refractivity contribution in [3.63, 3.8) is 0 Å². The van der Waals surface area contributed by atoms with Crippen molar-refractivity contribution in [2.45, 2.75) is 76.3 Å². The maximum atomic E-state index is 6.05. The minimum Gasteiger partial charge on any atom is -0.376 e. The van der Waals surface area contributed by atoms with Crippen molar-refractivity contribution < 1.29 is 23.7 Å². The molecule has 164 valence electrons. The average Bonchev–Trinajstić information content (AvgIpc) is 3.59. The molecule has 1 aromatic carbocycles. The van der Waals surface area contributed by atoms with Gasteiger partial charge in [0.25, 0.3) is 0 Å². The first kappa shape index (κ1) is 22.7. The molecular formula is C24H38O5. The van der Waals surface area contributed by atoms with Gasteiger partial charge in [-0.2, -0.15) is 0 Å². The van der Waals surface area contributed by atoms with Crippen LogP contribution in [0.4, 0.5) is 0 Å². The lowest BCUT2D eigenvalue weighted by Gasteiger charge is -2.16. The molecule has 0 bridgehead atoms. The first-order chi connectivity index (χ1) is 14.4. The van der Waals surface area contributed by atoms with Crippen LogP contribution in [-0.2, 0) is 23.7 Å². The van der Waals surface area contributed by atoms with Crippen molar-refractivity contribution in [3.05, 3.63) is 35.9 Å². The molecule has 3 saturated heterocycles. The molecule has 0 radical (unpaired) electrons. The fourth-order valence-corrected chi connectivity index (χ4v) is 3.22. The Morgan fingerprint density at radius 1 is 0.828 bits per heavy atom. The smallest absolute Gasteiger partial charge is 0.111 e. The normalized spacial score (nSPS) is 25.1. The van der Waals surface area contributed by atoms with Crippen molar-refractivity contribution >= 4 is 0 Å². The molecule has 3 heterocycles. The maximum absolute atomic E-state index is 6.05. The van der Waals surface area contributed by atoms with Gasteiger partial charge in [-0.1, -0.05) is 75.8 Å². The first-order valence-corrected chi connectivity index (χ1v) is 11.5. The number of unbranched alkanes of at least 4 members (excludes halogenated alkanes) is 6. The Kier molecular flexibility index (Phi) is 10.4. The van der Waals surface area contributed by atoms with E-state index in [0.717, 1.165) is 39.6 Å². The molecule has 0 spiro atoms. The molecule has 5 nitrogen and oxygen atoms in total. The second-order valence-corrected chi connectivity index (χ2v) is 8.14. The highest BCUT2D eigenvalue weighted by molar-refractivity contribution is 5.19. The standard InChI is InChI=1S/C18H28O2.C6H10O3/c1-2-3-4-5-6-7-11-14-19-18(17-15-20-17)16-12-9-8-10-13-16;1(5-3-8-5)7-2-6-4-9-6/h8-10,12-13,17-18H,2-7,11,14-15H2,1H3;5-6H,1-4H2. The highest BCUT2D eigenvalue weighted by atomic mass is 16.6. The van der Waals surface area contributed by atoms with E-state index in [0.29, 0.717) is 12.2 Å². The van der Waals surface area contributed by atoms with E-state index in [9.17, 15) is 0 Å². The Balaban J connectivity index is 0.000000220. The third-order valence-electron chi connectivity index (χ3n) is 5.28. The van der Waals surface area contributed by atoms with E-state index in [1.807, 2.05) is 6.07 Å². The van der Waals surface area contributed by atoms with E-state index in [1.165, 1.54) is 50.5 Å².